The number of Topliss-reactive ketones (excluding diaryl/α,β-unsaturated/α-hetero) is 1. The summed E-state index contributed by atoms with van der Waals surface area (Å²) in [5.41, 5.74) is 15.0. The van der Waals surface area contributed by atoms with Gasteiger partial charge in [0.15, 0.2) is 0 Å². The topological polar surface area (TPSA) is 338 Å². The smallest absolute Gasteiger partial charge is 0.303 e. The normalized spacial score (nSPS) is 14.5. The molecule has 0 aliphatic heterocycles. The van der Waals surface area contributed by atoms with Crippen molar-refractivity contribution >= 4 is 76.7 Å². The Kier molecular flexibility index (Phi) is 30.5. The average Bonchev–Trinajstić information content (AvgIpc) is 4.33. The summed E-state index contributed by atoms with van der Waals surface area (Å²) in [6.07, 6.45) is 6.98. The van der Waals surface area contributed by atoms with E-state index < -0.39 is 79.7 Å². The molecule has 2 aliphatic rings. The Bertz CT molecular complexity index is 2750. The van der Waals surface area contributed by atoms with Gasteiger partial charge >= 0.3 is 11.9 Å². The minimum Gasteiger partial charge on any atom is -0.481 e. The third-order valence-electron chi connectivity index (χ3n) is 15.4. The summed E-state index contributed by atoms with van der Waals surface area (Å²) >= 11 is 1.49. The minimum atomic E-state index is -1.17. The van der Waals surface area contributed by atoms with Gasteiger partial charge in [0.2, 0.25) is 41.4 Å². The lowest BCUT2D eigenvalue weighted by atomic mass is 9.86. The van der Waals surface area contributed by atoms with Crippen LogP contribution in [0.2, 0.25) is 0 Å². The molecule has 474 valence electrons. The first-order valence-electron chi connectivity index (χ1n) is 30.4. The van der Waals surface area contributed by atoms with E-state index in [9.17, 15) is 57.8 Å². The number of aliphatic carboxylic acids is 2. The van der Waals surface area contributed by atoms with Crippen LogP contribution in [0.4, 0.5) is 0 Å². The van der Waals surface area contributed by atoms with Crippen LogP contribution in [0.25, 0.3) is 0 Å². The maximum atomic E-state index is 14.4. The number of ketones is 1. The number of carbonyl (C=O) groups excluding carboxylic acids is 9. The van der Waals surface area contributed by atoms with E-state index in [0.717, 1.165) is 61.6 Å². The zero-order chi connectivity index (χ0) is 63.1. The first-order valence-corrected chi connectivity index (χ1v) is 31.6. The molecule has 2 aliphatic carbocycles. The number of primary amides is 1. The Hall–Kier alpha value is -7.66. The molecule has 0 saturated heterocycles. The highest BCUT2D eigenvalue weighted by Gasteiger charge is 2.31. The first-order chi connectivity index (χ1) is 41.7. The van der Waals surface area contributed by atoms with Crippen molar-refractivity contribution in [3.05, 3.63) is 107 Å². The largest absolute Gasteiger partial charge is 0.481 e. The molecule has 4 atom stereocenters. The SMILES string of the molecule is C[C@@H](CN(CC(=O)N[C@@H](CCC(=O)O)CN(CC(=O)N[C@@H](Cc1ccccc1)CN(CC(N)=O)C(=O)CCSCc1ccc(C(=O)N[C@H](CN)Cc2ccccc2)cc1)C(=O)CCC1CCCCC1)C(=O)CC1CC1)NC(=O)CCC(=O)CCC(=O)O. The van der Waals surface area contributed by atoms with Gasteiger partial charge in [-0.15, -0.1) is 0 Å². The molecule has 2 fully saturated rings. The van der Waals surface area contributed by atoms with Gasteiger partial charge in [-0.05, 0) is 86.1 Å². The van der Waals surface area contributed by atoms with Gasteiger partial charge in [0.25, 0.3) is 5.91 Å². The summed E-state index contributed by atoms with van der Waals surface area (Å²) in [5.74, 6) is -5.22. The molecule has 22 nitrogen and oxygen atoms in total. The van der Waals surface area contributed by atoms with Crippen LogP contribution in [0.5, 0.6) is 0 Å². The second-order valence-corrected chi connectivity index (χ2v) is 24.2. The highest BCUT2D eigenvalue weighted by Crippen LogP contribution is 2.33. The van der Waals surface area contributed by atoms with E-state index in [1.165, 1.54) is 26.5 Å². The number of carboxylic acids is 2. The number of amides is 8. The van der Waals surface area contributed by atoms with Crippen molar-refractivity contribution in [1.82, 2.24) is 36.0 Å². The third kappa shape index (κ3) is 28.6. The molecule has 0 spiro atoms. The molecule has 23 heteroatoms. The van der Waals surface area contributed by atoms with Crippen LogP contribution in [0, 0.1) is 11.8 Å². The number of thioether (sulfide) groups is 1. The van der Waals surface area contributed by atoms with Crippen molar-refractivity contribution in [2.24, 2.45) is 23.3 Å². The summed E-state index contributed by atoms with van der Waals surface area (Å²) in [4.78, 5) is 148. The van der Waals surface area contributed by atoms with Crippen molar-refractivity contribution in [2.45, 2.75) is 159 Å². The van der Waals surface area contributed by atoms with Gasteiger partial charge in [-0.25, -0.2) is 0 Å². The average molecular weight is 1220 g/mol. The maximum absolute atomic E-state index is 14.4. The van der Waals surface area contributed by atoms with E-state index in [4.69, 9.17) is 16.6 Å². The van der Waals surface area contributed by atoms with Crippen LogP contribution >= 0.6 is 11.8 Å². The van der Waals surface area contributed by atoms with Gasteiger partial charge in [-0.3, -0.25) is 52.7 Å². The minimum absolute atomic E-state index is 0.0308. The molecule has 10 N–H and O–H groups in total. The maximum Gasteiger partial charge on any atom is 0.303 e. The molecule has 0 aromatic heterocycles. The lowest BCUT2D eigenvalue weighted by Gasteiger charge is -2.31. The summed E-state index contributed by atoms with van der Waals surface area (Å²) < 4.78 is 0. The van der Waals surface area contributed by atoms with Crippen LogP contribution < -0.4 is 32.7 Å². The number of nitrogens with two attached hydrogens (primary N) is 2. The molecule has 2 saturated carbocycles. The van der Waals surface area contributed by atoms with Gasteiger partial charge in [-0.1, -0.05) is 105 Å². The summed E-state index contributed by atoms with van der Waals surface area (Å²) in [5, 5.41) is 30.3. The molecule has 3 aromatic carbocycles. The van der Waals surface area contributed by atoms with Gasteiger partial charge in [-0.2, -0.15) is 11.8 Å². The lowest BCUT2D eigenvalue weighted by Crippen LogP contribution is -2.54. The summed E-state index contributed by atoms with van der Waals surface area (Å²) in [6.45, 7) is 0.0392. The quantitative estimate of drug-likeness (QED) is 0.0362. The molecule has 0 radical (unpaired) electrons. The number of carboxylic acid groups (broad SMARTS) is 2. The number of nitrogens with zero attached hydrogens (tertiary/aromatic N) is 3. The predicted molar refractivity (Wildman–Crippen MR) is 329 cm³/mol. The molecule has 0 bridgehead atoms. The molecule has 8 amide bonds. The Balaban J connectivity index is 1.25. The van der Waals surface area contributed by atoms with Gasteiger partial charge < -0.3 is 57.6 Å². The molecular weight excluding hydrogens is 1130 g/mol. The highest BCUT2D eigenvalue weighted by atomic mass is 32.2. The van der Waals surface area contributed by atoms with E-state index in [1.807, 2.05) is 72.8 Å². The van der Waals surface area contributed by atoms with Crippen molar-refractivity contribution in [2.75, 3.05) is 51.6 Å². The number of benzene rings is 3. The summed E-state index contributed by atoms with van der Waals surface area (Å²) in [6, 6.07) is 23.4. The first kappa shape index (κ1) is 70.1. The monoisotopic (exact) mass is 1220 g/mol. The van der Waals surface area contributed by atoms with Crippen LogP contribution in [0.3, 0.4) is 0 Å². The van der Waals surface area contributed by atoms with E-state index in [-0.39, 0.29) is 125 Å². The van der Waals surface area contributed by atoms with E-state index in [0.29, 0.717) is 35.8 Å². The Morgan fingerprint density at radius 1 is 0.540 bits per heavy atom. The Labute approximate surface area is 514 Å². The number of carbonyl (C=O) groups is 11. The molecule has 0 heterocycles. The third-order valence-corrected chi connectivity index (χ3v) is 16.4. The number of hydrogen-bond acceptors (Lipinski definition) is 13. The molecule has 5 rings (SSSR count). The highest BCUT2D eigenvalue weighted by molar-refractivity contribution is 7.98. The lowest BCUT2D eigenvalue weighted by molar-refractivity contribution is -0.139. The van der Waals surface area contributed by atoms with Gasteiger partial charge in [0.1, 0.15) is 5.78 Å². The zero-order valence-corrected chi connectivity index (χ0v) is 51.0. The van der Waals surface area contributed by atoms with E-state index in [2.05, 4.69) is 21.3 Å². The van der Waals surface area contributed by atoms with Crippen molar-refractivity contribution in [3.8, 4) is 0 Å². The van der Waals surface area contributed by atoms with Crippen molar-refractivity contribution in [3.63, 3.8) is 0 Å². The van der Waals surface area contributed by atoms with Crippen LogP contribution in [0.1, 0.15) is 143 Å². The van der Waals surface area contributed by atoms with Crippen LogP contribution in [0.15, 0.2) is 84.9 Å². The zero-order valence-electron chi connectivity index (χ0n) is 50.1. The standard InChI is InChI=1S/C64H89N9O13S/c1-44(67-56(76)27-25-54(74)26-30-63(84)85)37-71(61(81)35-48-17-18-48)41-57(77)68-51(24-29-62(82)83)38-73(59(79)28-21-45-11-5-2-6-12-45)42-58(78)69-53(34-47-15-9-4-10-16-47)39-72(40-55(66)75)60(80)31-32-87-43-49-19-22-50(23-20-49)64(86)70-52(36-65)33-46-13-7-3-8-14-46/h3-4,7-10,13-16,19-20,22-23,44-45,48,51-53H,2,5-6,11-12,17-18,21,24-43,65H2,1H3,(H2,66,75)(H,67,76)(H,68,77)(H,69,78)(H,70,86)(H,82,83)(H,84,85)/t44-,51-,52-,53-/m0/s1. The van der Waals surface area contributed by atoms with Crippen LogP contribution in [-0.2, 0) is 66.5 Å². The van der Waals surface area contributed by atoms with E-state index in [1.54, 1.807) is 19.1 Å². The van der Waals surface area contributed by atoms with E-state index >= 15 is 0 Å². The fourth-order valence-electron chi connectivity index (χ4n) is 10.6. The van der Waals surface area contributed by atoms with Crippen molar-refractivity contribution < 1.29 is 63.0 Å². The molecule has 3 aromatic rings. The predicted octanol–water partition coefficient (Wildman–Crippen LogP) is 4.54. The Morgan fingerprint density at radius 3 is 1.68 bits per heavy atom. The van der Waals surface area contributed by atoms with Crippen LogP contribution in [-0.4, -0.2) is 166 Å². The molecular formula is C64H89N9O13S. The van der Waals surface area contributed by atoms with Gasteiger partial charge in [0.05, 0.1) is 32.1 Å². The van der Waals surface area contributed by atoms with Gasteiger partial charge in [0, 0.05) is 106 Å². The molecule has 87 heavy (non-hydrogen) atoms. The fourth-order valence-corrected chi connectivity index (χ4v) is 11.5. The summed E-state index contributed by atoms with van der Waals surface area (Å²) in [7, 11) is 0. The Morgan fingerprint density at radius 2 is 1.09 bits per heavy atom. The second-order valence-electron chi connectivity index (χ2n) is 23.1. The van der Waals surface area contributed by atoms with Crippen molar-refractivity contribution in [1.29, 1.82) is 0 Å². The second kappa shape index (κ2) is 37.8. The number of hydrogen-bond donors (Lipinski definition) is 8. The number of rotatable bonds is 41. The fraction of sp³-hybridized carbons (Fsp3) is 0.547. The number of nitrogens with one attached hydrogen (secondary N) is 4. The molecule has 0 unspecified atom stereocenters.